The zero-order chi connectivity index (χ0) is 6.69. The monoisotopic (exact) mass is 124 g/mol. The maximum atomic E-state index is 4.97. The van der Waals surface area contributed by atoms with E-state index in [1.807, 2.05) is 6.92 Å². The standard InChI is InChI=1S/C7H10NO/c1-3-6-7(4-2)9-5-8-6/h3-4H2,1-2H3. The zero-order valence-corrected chi connectivity index (χ0v) is 5.77. The molecule has 0 spiro atoms. The second-order valence-corrected chi connectivity index (χ2v) is 1.88. The second kappa shape index (κ2) is 2.67. The molecule has 0 aliphatic rings. The molecule has 9 heavy (non-hydrogen) atoms. The smallest absolute Gasteiger partial charge is 0.284 e. The first kappa shape index (κ1) is 6.33. The van der Waals surface area contributed by atoms with Crippen molar-refractivity contribution < 1.29 is 4.42 Å². The van der Waals surface area contributed by atoms with Gasteiger partial charge in [-0.3, -0.25) is 0 Å². The highest BCUT2D eigenvalue weighted by molar-refractivity contribution is 5.05. The molecule has 0 unspecified atom stereocenters. The van der Waals surface area contributed by atoms with Gasteiger partial charge < -0.3 is 4.42 Å². The van der Waals surface area contributed by atoms with Gasteiger partial charge in [-0.25, -0.2) is 4.98 Å². The molecule has 49 valence electrons. The normalized spacial score (nSPS) is 10.0. The lowest BCUT2D eigenvalue weighted by atomic mass is 10.2. The summed E-state index contributed by atoms with van der Waals surface area (Å²) in [6.45, 7) is 4.11. The first-order valence-corrected chi connectivity index (χ1v) is 3.23. The summed E-state index contributed by atoms with van der Waals surface area (Å²) in [7, 11) is 0. The quantitative estimate of drug-likeness (QED) is 0.598. The lowest BCUT2D eigenvalue weighted by Gasteiger charge is -1.89. The molecule has 2 nitrogen and oxygen atoms in total. The molecular weight excluding hydrogens is 114 g/mol. The van der Waals surface area contributed by atoms with Crippen LogP contribution in [0.15, 0.2) is 4.42 Å². The van der Waals surface area contributed by atoms with E-state index in [-0.39, 0.29) is 0 Å². The minimum absolute atomic E-state index is 0.916. The fourth-order valence-electron chi connectivity index (χ4n) is 0.807. The summed E-state index contributed by atoms with van der Waals surface area (Å²) in [5.74, 6) is 0.970. The third-order valence-electron chi connectivity index (χ3n) is 1.33. The van der Waals surface area contributed by atoms with Crippen molar-refractivity contribution in [3.05, 3.63) is 17.8 Å². The first-order valence-electron chi connectivity index (χ1n) is 3.23. The second-order valence-electron chi connectivity index (χ2n) is 1.88. The van der Waals surface area contributed by atoms with Gasteiger partial charge in [0, 0.05) is 6.42 Å². The van der Waals surface area contributed by atoms with Crippen LogP contribution in [0.25, 0.3) is 0 Å². The summed E-state index contributed by atoms with van der Waals surface area (Å²) in [5.41, 5.74) is 1.04. The summed E-state index contributed by atoms with van der Waals surface area (Å²) in [6, 6.07) is 0. The van der Waals surface area contributed by atoms with E-state index in [2.05, 4.69) is 18.3 Å². The topological polar surface area (TPSA) is 26.0 Å². The SMILES string of the molecule is CCc1n[c]oc1CC. The van der Waals surface area contributed by atoms with Crippen molar-refractivity contribution in [3.8, 4) is 0 Å². The molecular formula is C7H10NO. The van der Waals surface area contributed by atoms with Gasteiger partial charge in [-0.05, 0) is 6.42 Å². The van der Waals surface area contributed by atoms with Gasteiger partial charge in [-0.2, -0.15) is 0 Å². The predicted molar refractivity (Wildman–Crippen MR) is 34.1 cm³/mol. The van der Waals surface area contributed by atoms with E-state index in [0.717, 1.165) is 24.3 Å². The average Bonchev–Trinajstić information content (AvgIpc) is 2.33. The van der Waals surface area contributed by atoms with Crippen molar-refractivity contribution >= 4 is 0 Å². The number of hydrogen-bond acceptors (Lipinski definition) is 2. The van der Waals surface area contributed by atoms with Crippen LogP contribution < -0.4 is 0 Å². The van der Waals surface area contributed by atoms with Crippen molar-refractivity contribution in [1.82, 2.24) is 4.98 Å². The molecule has 0 saturated carbocycles. The molecule has 0 N–H and O–H groups in total. The van der Waals surface area contributed by atoms with Crippen LogP contribution in [0.5, 0.6) is 0 Å². The van der Waals surface area contributed by atoms with Crippen molar-refractivity contribution in [2.75, 3.05) is 0 Å². The molecule has 0 fully saturated rings. The summed E-state index contributed by atoms with van der Waals surface area (Å²) >= 11 is 0. The Labute approximate surface area is 54.9 Å². The van der Waals surface area contributed by atoms with Crippen LogP contribution in [-0.4, -0.2) is 4.98 Å². The van der Waals surface area contributed by atoms with Gasteiger partial charge in [0.2, 0.25) is 0 Å². The summed E-state index contributed by atoms with van der Waals surface area (Å²) in [4.78, 5) is 3.91. The van der Waals surface area contributed by atoms with Gasteiger partial charge in [0.25, 0.3) is 6.39 Å². The van der Waals surface area contributed by atoms with E-state index in [1.165, 1.54) is 0 Å². The van der Waals surface area contributed by atoms with E-state index in [4.69, 9.17) is 4.42 Å². The molecule has 1 radical (unpaired) electrons. The van der Waals surface area contributed by atoms with E-state index in [9.17, 15) is 0 Å². The number of aryl methyl sites for hydroxylation is 2. The molecule has 0 aliphatic carbocycles. The zero-order valence-electron chi connectivity index (χ0n) is 5.77. The Bertz CT molecular complexity index is 162. The minimum atomic E-state index is 0.916. The van der Waals surface area contributed by atoms with Crippen molar-refractivity contribution in [3.63, 3.8) is 0 Å². The minimum Gasteiger partial charge on any atom is -0.437 e. The third kappa shape index (κ3) is 1.12. The Morgan fingerprint density at radius 1 is 1.44 bits per heavy atom. The first-order chi connectivity index (χ1) is 4.38. The average molecular weight is 124 g/mol. The van der Waals surface area contributed by atoms with Gasteiger partial charge in [0.1, 0.15) is 5.76 Å². The van der Waals surface area contributed by atoms with Crippen LogP contribution in [-0.2, 0) is 12.8 Å². The van der Waals surface area contributed by atoms with Crippen LogP contribution in [0.1, 0.15) is 25.3 Å². The van der Waals surface area contributed by atoms with Crippen molar-refractivity contribution in [1.29, 1.82) is 0 Å². The number of nitrogens with zero attached hydrogens (tertiary/aromatic N) is 1. The van der Waals surface area contributed by atoms with E-state index in [1.54, 1.807) is 0 Å². The highest BCUT2D eigenvalue weighted by Crippen LogP contribution is 2.06. The van der Waals surface area contributed by atoms with Crippen LogP contribution >= 0.6 is 0 Å². The Hall–Kier alpha value is -0.790. The van der Waals surface area contributed by atoms with Crippen LogP contribution in [0, 0.1) is 6.39 Å². The fourth-order valence-corrected chi connectivity index (χ4v) is 0.807. The number of oxazole rings is 1. The molecule has 0 atom stereocenters. The Morgan fingerprint density at radius 3 is 2.67 bits per heavy atom. The molecule has 0 bridgehead atoms. The third-order valence-corrected chi connectivity index (χ3v) is 1.33. The molecule has 0 amide bonds. The van der Waals surface area contributed by atoms with Gasteiger partial charge in [0.05, 0.1) is 5.69 Å². The molecule has 1 rings (SSSR count). The number of rotatable bonds is 2. The molecule has 0 saturated heterocycles. The van der Waals surface area contributed by atoms with Crippen molar-refractivity contribution in [2.45, 2.75) is 26.7 Å². The molecule has 2 heteroatoms. The maximum Gasteiger partial charge on any atom is 0.284 e. The Morgan fingerprint density at radius 2 is 2.22 bits per heavy atom. The molecule has 1 aromatic rings. The number of aromatic nitrogens is 1. The maximum absolute atomic E-state index is 4.97. The van der Waals surface area contributed by atoms with Gasteiger partial charge in [-0.15, -0.1) is 0 Å². The lowest BCUT2D eigenvalue weighted by Crippen LogP contribution is -1.85. The van der Waals surface area contributed by atoms with Crippen LogP contribution in [0.2, 0.25) is 0 Å². The van der Waals surface area contributed by atoms with E-state index >= 15 is 0 Å². The lowest BCUT2D eigenvalue weighted by molar-refractivity contribution is 0.499. The highest BCUT2D eigenvalue weighted by atomic mass is 16.3. The van der Waals surface area contributed by atoms with Crippen LogP contribution in [0.4, 0.5) is 0 Å². The summed E-state index contributed by atoms with van der Waals surface area (Å²) < 4.78 is 4.97. The number of hydrogen-bond donors (Lipinski definition) is 0. The van der Waals surface area contributed by atoms with Gasteiger partial charge >= 0.3 is 0 Å². The molecule has 0 aliphatic heterocycles. The Balaban J connectivity index is 2.85. The van der Waals surface area contributed by atoms with E-state index in [0.29, 0.717) is 0 Å². The van der Waals surface area contributed by atoms with Crippen LogP contribution in [0.3, 0.4) is 0 Å². The van der Waals surface area contributed by atoms with Gasteiger partial charge in [0.15, 0.2) is 0 Å². The van der Waals surface area contributed by atoms with Gasteiger partial charge in [-0.1, -0.05) is 13.8 Å². The Kier molecular flexibility index (Phi) is 1.88. The molecule has 1 heterocycles. The fraction of sp³-hybridized carbons (Fsp3) is 0.571. The molecule has 1 aromatic heterocycles. The predicted octanol–water partition coefficient (Wildman–Crippen LogP) is 1.60. The highest BCUT2D eigenvalue weighted by Gasteiger charge is 2.01. The van der Waals surface area contributed by atoms with Crippen molar-refractivity contribution in [2.24, 2.45) is 0 Å². The largest absolute Gasteiger partial charge is 0.437 e. The summed E-state index contributed by atoms with van der Waals surface area (Å²) in [5, 5.41) is 0. The molecule has 0 aromatic carbocycles. The van der Waals surface area contributed by atoms with E-state index < -0.39 is 0 Å². The summed E-state index contributed by atoms with van der Waals surface area (Å²) in [6.07, 6.45) is 4.33.